The van der Waals surface area contributed by atoms with E-state index in [2.05, 4.69) is 15.6 Å². The Morgan fingerprint density at radius 1 is 1.10 bits per heavy atom. The van der Waals surface area contributed by atoms with Crippen LogP contribution in [0.2, 0.25) is 0 Å². The fraction of sp³-hybridized carbons (Fsp3) is 0.261. The maximum Gasteiger partial charge on any atom is 0.307 e. The molecule has 1 aromatic heterocycles. The molecule has 3 N–H and O–H groups in total. The minimum Gasteiger partial charge on any atom is -0.469 e. The van der Waals surface area contributed by atoms with E-state index in [4.69, 9.17) is 4.74 Å². The highest BCUT2D eigenvalue weighted by molar-refractivity contribution is 5.89. The Labute approximate surface area is 179 Å². The second-order valence-corrected chi connectivity index (χ2v) is 7.21. The molecule has 31 heavy (non-hydrogen) atoms. The van der Waals surface area contributed by atoms with Crippen molar-refractivity contribution in [3.63, 3.8) is 0 Å². The molecule has 2 aromatic carbocycles. The standard InChI is InChI=1S/C23H24FN3O4/c1-14(28)26-21(10-16-13-25-20-11-17(24)8-9-18(16)20)23(30)27-19(12-22(29)31-2)15-6-4-3-5-7-15/h3-9,11,13,19,21,25H,10,12H2,1-2H3,(H,26,28)(H,27,30). The summed E-state index contributed by atoms with van der Waals surface area (Å²) in [6.45, 7) is 1.33. The number of aromatic nitrogens is 1. The molecule has 2 amide bonds. The maximum absolute atomic E-state index is 13.5. The smallest absolute Gasteiger partial charge is 0.307 e. The molecule has 0 aliphatic rings. The van der Waals surface area contributed by atoms with E-state index in [0.717, 1.165) is 16.5 Å². The van der Waals surface area contributed by atoms with Crippen molar-refractivity contribution in [2.24, 2.45) is 0 Å². The Morgan fingerprint density at radius 2 is 1.84 bits per heavy atom. The highest BCUT2D eigenvalue weighted by Gasteiger charge is 2.26. The largest absolute Gasteiger partial charge is 0.469 e. The van der Waals surface area contributed by atoms with Crippen molar-refractivity contribution in [3.05, 3.63) is 71.7 Å². The second-order valence-electron chi connectivity index (χ2n) is 7.21. The predicted molar refractivity (Wildman–Crippen MR) is 114 cm³/mol. The minimum atomic E-state index is -0.884. The maximum atomic E-state index is 13.5. The number of halogens is 1. The number of hydrogen-bond acceptors (Lipinski definition) is 4. The molecule has 0 aliphatic carbocycles. The van der Waals surface area contributed by atoms with Gasteiger partial charge in [0, 0.05) is 30.4 Å². The van der Waals surface area contributed by atoms with Crippen LogP contribution in [0.5, 0.6) is 0 Å². The van der Waals surface area contributed by atoms with Gasteiger partial charge in [0.2, 0.25) is 11.8 Å². The van der Waals surface area contributed by atoms with Gasteiger partial charge in [-0.25, -0.2) is 4.39 Å². The molecule has 1 heterocycles. The summed E-state index contributed by atoms with van der Waals surface area (Å²) in [4.78, 5) is 39.7. The van der Waals surface area contributed by atoms with Crippen LogP contribution in [0.15, 0.2) is 54.7 Å². The Bertz CT molecular complexity index is 1080. The van der Waals surface area contributed by atoms with Crippen LogP contribution in [0.1, 0.15) is 30.5 Å². The van der Waals surface area contributed by atoms with Crippen LogP contribution in [0.4, 0.5) is 4.39 Å². The molecule has 2 atom stereocenters. The molecule has 0 saturated carbocycles. The van der Waals surface area contributed by atoms with Crippen molar-refractivity contribution in [1.82, 2.24) is 15.6 Å². The third kappa shape index (κ3) is 5.69. The molecule has 0 radical (unpaired) electrons. The molecule has 0 saturated heterocycles. The van der Waals surface area contributed by atoms with Crippen molar-refractivity contribution in [1.29, 1.82) is 0 Å². The van der Waals surface area contributed by atoms with Crippen LogP contribution >= 0.6 is 0 Å². The number of benzene rings is 2. The SMILES string of the molecule is COC(=O)CC(NC(=O)C(Cc1c[nH]c2cc(F)ccc12)NC(C)=O)c1ccccc1. The fourth-order valence-corrected chi connectivity index (χ4v) is 3.46. The van der Waals surface area contributed by atoms with E-state index in [0.29, 0.717) is 5.52 Å². The number of nitrogens with one attached hydrogen (secondary N) is 3. The number of fused-ring (bicyclic) bond motifs is 1. The molecule has 0 spiro atoms. The lowest BCUT2D eigenvalue weighted by Crippen LogP contribution is -2.48. The van der Waals surface area contributed by atoms with E-state index in [1.807, 2.05) is 18.2 Å². The molecular formula is C23H24FN3O4. The summed E-state index contributed by atoms with van der Waals surface area (Å²) >= 11 is 0. The van der Waals surface area contributed by atoms with Gasteiger partial charge in [0.15, 0.2) is 0 Å². The number of H-pyrrole nitrogens is 1. The van der Waals surface area contributed by atoms with Crippen molar-refractivity contribution in [2.75, 3.05) is 7.11 Å². The Kier molecular flexibility index (Phi) is 7.02. The zero-order valence-electron chi connectivity index (χ0n) is 17.3. The van der Waals surface area contributed by atoms with E-state index in [-0.39, 0.29) is 24.6 Å². The van der Waals surface area contributed by atoms with Gasteiger partial charge in [-0.05, 0) is 29.3 Å². The Hall–Kier alpha value is -3.68. The molecule has 0 fully saturated rings. The first-order chi connectivity index (χ1) is 14.9. The predicted octanol–water partition coefficient (Wildman–Crippen LogP) is 2.77. The van der Waals surface area contributed by atoms with Crippen LogP contribution < -0.4 is 10.6 Å². The van der Waals surface area contributed by atoms with Gasteiger partial charge >= 0.3 is 5.97 Å². The quantitative estimate of drug-likeness (QED) is 0.483. The monoisotopic (exact) mass is 425 g/mol. The highest BCUT2D eigenvalue weighted by atomic mass is 19.1. The van der Waals surface area contributed by atoms with E-state index in [1.54, 1.807) is 24.4 Å². The summed E-state index contributed by atoms with van der Waals surface area (Å²) in [7, 11) is 1.28. The molecule has 162 valence electrons. The Balaban J connectivity index is 1.83. The zero-order valence-corrected chi connectivity index (χ0v) is 17.3. The molecule has 0 aliphatic heterocycles. The zero-order chi connectivity index (χ0) is 22.4. The number of esters is 1. The van der Waals surface area contributed by atoms with Gasteiger partial charge in [-0.1, -0.05) is 30.3 Å². The molecular weight excluding hydrogens is 401 g/mol. The summed E-state index contributed by atoms with van der Waals surface area (Å²) in [6.07, 6.45) is 1.83. The number of rotatable bonds is 8. The van der Waals surface area contributed by atoms with Gasteiger partial charge in [0.1, 0.15) is 11.9 Å². The molecule has 3 aromatic rings. The van der Waals surface area contributed by atoms with Crippen LogP contribution in [0, 0.1) is 5.82 Å². The van der Waals surface area contributed by atoms with Gasteiger partial charge in [0.05, 0.1) is 19.6 Å². The van der Waals surface area contributed by atoms with E-state index < -0.39 is 24.0 Å². The Morgan fingerprint density at radius 3 is 2.52 bits per heavy atom. The van der Waals surface area contributed by atoms with E-state index in [1.165, 1.54) is 26.2 Å². The number of amides is 2. The molecule has 0 bridgehead atoms. The summed E-state index contributed by atoms with van der Waals surface area (Å²) in [6, 6.07) is 11.9. The normalized spacial score (nSPS) is 12.7. The lowest BCUT2D eigenvalue weighted by Gasteiger charge is -2.23. The number of hydrogen-bond donors (Lipinski definition) is 3. The fourth-order valence-electron chi connectivity index (χ4n) is 3.46. The van der Waals surface area contributed by atoms with Crippen LogP contribution in [-0.2, 0) is 25.5 Å². The van der Waals surface area contributed by atoms with E-state index in [9.17, 15) is 18.8 Å². The lowest BCUT2D eigenvalue weighted by atomic mass is 10.0. The number of carbonyl (C=O) groups is 3. The third-order valence-corrected chi connectivity index (χ3v) is 4.96. The highest BCUT2D eigenvalue weighted by Crippen LogP contribution is 2.22. The molecule has 2 unspecified atom stereocenters. The number of ether oxygens (including phenoxy) is 1. The molecule has 3 rings (SSSR count). The summed E-state index contributed by atoms with van der Waals surface area (Å²) in [5.74, 6) is -1.64. The second kappa shape index (κ2) is 9.88. The third-order valence-electron chi connectivity index (χ3n) is 4.96. The summed E-state index contributed by atoms with van der Waals surface area (Å²) in [5, 5.41) is 6.27. The lowest BCUT2D eigenvalue weighted by molar-refractivity contribution is -0.141. The van der Waals surface area contributed by atoms with Crippen molar-refractivity contribution in [2.45, 2.75) is 31.8 Å². The van der Waals surface area contributed by atoms with Gasteiger partial charge in [-0.3, -0.25) is 14.4 Å². The van der Waals surface area contributed by atoms with Gasteiger partial charge in [-0.2, -0.15) is 0 Å². The first kappa shape index (κ1) is 22.0. The average molecular weight is 425 g/mol. The summed E-state index contributed by atoms with van der Waals surface area (Å²) < 4.78 is 18.2. The van der Waals surface area contributed by atoms with Crippen LogP contribution in [0.3, 0.4) is 0 Å². The molecule has 8 heteroatoms. The average Bonchev–Trinajstić information content (AvgIpc) is 3.14. The topological polar surface area (TPSA) is 100 Å². The first-order valence-corrected chi connectivity index (χ1v) is 9.82. The van der Waals surface area contributed by atoms with E-state index >= 15 is 0 Å². The molecule has 7 nitrogen and oxygen atoms in total. The van der Waals surface area contributed by atoms with Crippen LogP contribution in [-0.4, -0.2) is 35.9 Å². The van der Waals surface area contributed by atoms with Gasteiger partial charge in [0.25, 0.3) is 0 Å². The minimum absolute atomic E-state index is 0.0502. The number of carbonyl (C=O) groups excluding carboxylic acids is 3. The van der Waals surface area contributed by atoms with Crippen molar-refractivity contribution >= 4 is 28.7 Å². The number of methoxy groups -OCH3 is 1. The van der Waals surface area contributed by atoms with Crippen molar-refractivity contribution < 1.29 is 23.5 Å². The van der Waals surface area contributed by atoms with Gasteiger partial charge in [-0.15, -0.1) is 0 Å². The number of aromatic amines is 1. The first-order valence-electron chi connectivity index (χ1n) is 9.82. The van der Waals surface area contributed by atoms with Crippen molar-refractivity contribution in [3.8, 4) is 0 Å². The van der Waals surface area contributed by atoms with Gasteiger partial charge < -0.3 is 20.4 Å². The van der Waals surface area contributed by atoms with Crippen LogP contribution in [0.25, 0.3) is 10.9 Å². The summed E-state index contributed by atoms with van der Waals surface area (Å²) in [5.41, 5.74) is 2.10.